The van der Waals surface area contributed by atoms with Gasteiger partial charge >= 0.3 is 0 Å². The van der Waals surface area contributed by atoms with Gasteiger partial charge in [0.1, 0.15) is 0 Å². The first-order valence-electron chi connectivity index (χ1n) is 12.3. The third-order valence-electron chi connectivity index (χ3n) is 4.63. The Labute approximate surface area is 181 Å². The normalized spacial score (nSPS) is 10.8. The van der Waals surface area contributed by atoms with Crippen LogP contribution >= 0.6 is 0 Å². The summed E-state index contributed by atoms with van der Waals surface area (Å²) in [4.78, 5) is 0. The predicted octanol–water partition coefficient (Wildman–Crippen LogP) is 5.51. The van der Waals surface area contributed by atoms with E-state index >= 15 is 0 Å². The zero-order valence-electron chi connectivity index (χ0n) is 19.7. The zero-order valence-corrected chi connectivity index (χ0v) is 19.7. The Balaban J connectivity index is 0. The first-order valence-corrected chi connectivity index (χ1v) is 12.3. The molecule has 178 valence electrons. The Kier molecular flexibility index (Phi) is 34.7. The largest absolute Gasteiger partial charge is 0.394 e. The summed E-state index contributed by atoms with van der Waals surface area (Å²) in [5.74, 6) is 0. The maximum Gasteiger partial charge on any atom is 0.0701 e. The second kappa shape index (κ2) is 32.5. The van der Waals surface area contributed by atoms with Crippen LogP contribution in [0.2, 0.25) is 0 Å². The summed E-state index contributed by atoms with van der Waals surface area (Å²) in [6, 6.07) is 0. The second-order valence-electron chi connectivity index (χ2n) is 7.53. The van der Waals surface area contributed by atoms with Crippen LogP contribution in [0.3, 0.4) is 0 Å². The van der Waals surface area contributed by atoms with Gasteiger partial charge in [0.2, 0.25) is 0 Å². The molecular weight excluding hydrogens is 368 g/mol. The molecular formula is C24H52O5. The van der Waals surface area contributed by atoms with Crippen molar-refractivity contribution in [2.75, 3.05) is 52.9 Å². The minimum Gasteiger partial charge on any atom is -0.394 e. The molecule has 0 unspecified atom stereocenters. The fourth-order valence-corrected chi connectivity index (χ4v) is 2.88. The Hall–Kier alpha value is -0.200. The summed E-state index contributed by atoms with van der Waals surface area (Å²) in [5.41, 5.74) is 0. The maximum atomic E-state index is 8.26. The molecule has 0 aliphatic carbocycles. The summed E-state index contributed by atoms with van der Waals surface area (Å²) in [5, 5.41) is 16.5. The van der Waals surface area contributed by atoms with Gasteiger partial charge in [-0.15, -0.1) is 0 Å². The van der Waals surface area contributed by atoms with E-state index in [0.717, 1.165) is 13.2 Å². The quantitative estimate of drug-likeness (QED) is 0.213. The van der Waals surface area contributed by atoms with Crippen LogP contribution in [-0.2, 0) is 14.2 Å². The summed E-state index contributed by atoms with van der Waals surface area (Å²) in [6.45, 7) is 8.26. The van der Waals surface area contributed by atoms with E-state index in [-0.39, 0.29) is 13.2 Å². The van der Waals surface area contributed by atoms with Crippen LogP contribution in [0.4, 0.5) is 0 Å². The van der Waals surface area contributed by atoms with E-state index < -0.39 is 0 Å². The van der Waals surface area contributed by atoms with E-state index in [4.69, 9.17) is 24.4 Å². The van der Waals surface area contributed by atoms with Crippen LogP contribution in [0.1, 0.15) is 104 Å². The van der Waals surface area contributed by atoms with Crippen molar-refractivity contribution in [3.8, 4) is 0 Å². The highest BCUT2D eigenvalue weighted by Gasteiger charge is 1.93. The highest BCUT2D eigenvalue weighted by Crippen LogP contribution is 2.08. The number of unbranched alkanes of at least 4 members (excludes halogenated alkanes) is 12. The molecule has 0 aromatic rings. The Morgan fingerprint density at radius 3 is 1.03 bits per heavy atom. The van der Waals surface area contributed by atoms with Gasteiger partial charge in [-0.3, -0.25) is 0 Å². The van der Waals surface area contributed by atoms with Crippen LogP contribution in [0, 0.1) is 0 Å². The summed E-state index contributed by atoms with van der Waals surface area (Å²) >= 11 is 0. The lowest BCUT2D eigenvalue weighted by molar-refractivity contribution is 0.0222. The van der Waals surface area contributed by atoms with E-state index in [0.29, 0.717) is 26.4 Å². The van der Waals surface area contributed by atoms with Gasteiger partial charge in [-0.05, 0) is 12.8 Å². The molecule has 0 aromatic carbocycles. The van der Waals surface area contributed by atoms with Crippen LogP contribution in [0.5, 0.6) is 0 Å². The number of rotatable bonds is 23. The fourth-order valence-electron chi connectivity index (χ4n) is 2.88. The molecule has 0 rings (SSSR count). The molecule has 0 saturated heterocycles. The van der Waals surface area contributed by atoms with E-state index in [1.807, 2.05) is 0 Å². The molecule has 0 spiro atoms. The van der Waals surface area contributed by atoms with E-state index in [9.17, 15) is 0 Å². The molecule has 0 atom stereocenters. The minimum atomic E-state index is 0.0417. The molecule has 29 heavy (non-hydrogen) atoms. The summed E-state index contributed by atoms with van der Waals surface area (Å²) in [6.07, 6.45) is 19.3. The van der Waals surface area contributed by atoms with Crippen molar-refractivity contribution in [1.29, 1.82) is 0 Å². The lowest BCUT2D eigenvalue weighted by atomic mass is 10.1. The van der Waals surface area contributed by atoms with Crippen LogP contribution in [0.25, 0.3) is 0 Å². The standard InChI is InChI=1S/C18H38O.C6H14O4/c1-3-5-7-9-11-13-15-17-19-18-16-14-12-10-8-6-4-2;7-1-3-9-5-6-10-4-2-8/h3-18H2,1-2H3;7-8H,1-6H2. The van der Waals surface area contributed by atoms with Gasteiger partial charge in [0.15, 0.2) is 0 Å². The first-order chi connectivity index (χ1) is 14.3. The van der Waals surface area contributed by atoms with Crippen LogP contribution in [0.15, 0.2) is 0 Å². The van der Waals surface area contributed by atoms with Gasteiger partial charge in [-0.2, -0.15) is 0 Å². The average molecular weight is 421 g/mol. The molecule has 0 amide bonds. The van der Waals surface area contributed by atoms with Gasteiger partial charge in [0.05, 0.1) is 39.6 Å². The van der Waals surface area contributed by atoms with E-state index in [2.05, 4.69) is 13.8 Å². The number of hydrogen-bond donors (Lipinski definition) is 2. The predicted molar refractivity (Wildman–Crippen MR) is 123 cm³/mol. The highest BCUT2D eigenvalue weighted by atomic mass is 16.5. The first kappa shape index (κ1) is 31.0. The SMILES string of the molecule is CCCCCCCCCOCCCCCCCCC.OCCOCCOCCO. The topological polar surface area (TPSA) is 68.2 Å². The molecule has 2 N–H and O–H groups in total. The smallest absolute Gasteiger partial charge is 0.0701 e. The molecule has 0 bridgehead atoms. The fraction of sp³-hybridized carbons (Fsp3) is 1.00. The molecule has 0 aromatic heterocycles. The number of aliphatic hydroxyl groups excluding tert-OH is 2. The second-order valence-corrected chi connectivity index (χ2v) is 7.53. The maximum absolute atomic E-state index is 8.26. The number of ether oxygens (including phenoxy) is 3. The third-order valence-corrected chi connectivity index (χ3v) is 4.63. The van der Waals surface area contributed by atoms with Crippen molar-refractivity contribution < 1.29 is 24.4 Å². The van der Waals surface area contributed by atoms with Crippen molar-refractivity contribution in [2.24, 2.45) is 0 Å². The zero-order chi connectivity index (χ0) is 21.7. The molecule has 0 fully saturated rings. The highest BCUT2D eigenvalue weighted by molar-refractivity contribution is 4.46. The van der Waals surface area contributed by atoms with E-state index in [1.54, 1.807) is 0 Å². The molecule has 0 aliphatic heterocycles. The lowest BCUT2D eigenvalue weighted by Crippen LogP contribution is -2.09. The molecule has 0 heterocycles. The van der Waals surface area contributed by atoms with Crippen molar-refractivity contribution >= 4 is 0 Å². The molecule has 0 radical (unpaired) electrons. The average Bonchev–Trinajstić information content (AvgIpc) is 2.74. The van der Waals surface area contributed by atoms with Crippen LogP contribution in [-0.4, -0.2) is 63.1 Å². The molecule has 0 saturated carbocycles. The number of aliphatic hydroxyl groups is 2. The van der Waals surface area contributed by atoms with Crippen molar-refractivity contribution in [3.63, 3.8) is 0 Å². The van der Waals surface area contributed by atoms with Crippen LogP contribution < -0.4 is 0 Å². The van der Waals surface area contributed by atoms with E-state index in [1.165, 1.54) is 89.9 Å². The van der Waals surface area contributed by atoms with Crippen molar-refractivity contribution in [2.45, 2.75) is 104 Å². The van der Waals surface area contributed by atoms with Crippen molar-refractivity contribution in [3.05, 3.63) is 0 Å². The van der Waals surface area contributed by atoms with Gasteiger partial charge in [0.25, 0.3) is 0 Å². The Bertz CT molecular complexity index is 227. The van der Waals surface area contributed by atoms with Gasteiger partial charge in [-0.25, -0.2) is 0 Å². The summed E-state index contributed by atoms with van der Waals surface area (Å²) in [7, 11) is 0. The Morgan fingerprint density at radius 2 is 0.690 bits per heavy atom. The van der Waals surface area contributed by atoms with Gasteiger partial charge in [-0.1, -0.05) is 90.9 Å². The van der Waals surface area contributed by atoms with Crippen molar-refractivity contribution in [1.82, 2.24) is 0 Å². The lowest BCUT2D eigenvalue weighted by Gasteiger charge is -2.04. The van der Waals surface area contributed by atoms with Gasteiger partial charge < -0.3 is 24.4 Å². The molecule has 0 aliphatic rings. The number of hydrogen-bond acceptors (Lipinski definition) is 5. The molecule has 5 nitrogen and oxygen atoms in total. The third kappa shape index (κ3) is 35.6. The monoisotopic (exact) mass is 420 g/mol. The minimum absolute atomic E-state index is 0.0417. The van der Waals surface area contributed by atoms with Gasteiger partial charge in [0, 0.05) is 13.2 Å². The summed E-state index contributed by atoms with van der Waals surface area (Å²) < 4.78 is 15.4. The Morgan fingerprint density at radius 1 is 0.379 bits per heavy atom. The molecule has 5 heteroatoms.